The maximum Gasteiger partial charge on any atom is 3.00 e. The second kappa shape index (κ2) is 9.87. The quantitative estimate of drug-likeness (QED) is 0.465. The van der Waals surface area contributed by atoms with E-state index in [0.717, 1.165) is 11.3 Å². The van der Waals surface area contributed by atoms with Crippen LogP contribution in [0.2, 0.25) is 0 Å². The molecular formula is C19H18BIrN4. The van der Waals surface area contributed by atoms with Crippen LogP contribution in [-0.4, -0.2) is 23.8 Å². The molecule has 0 fully saturated rings. The Hall–Kier alpha value is -2.30. The topological polar surface area (TPSA) is 33.5 Å². The van der Waals surface area contributed by atoms with E-state index < -0.39 is 0 Å². The van der Waals surface area contributed by atoms with Crippen molar-refractivity contribution in [2.75, 3.05) is 11.9 Å². The molecule has 0 amide bonds. The summed E-state index contributed by atoms with van der Waals surface area (Å²) in [7, 11) is 2.00. The van der Waals surface area contributed by atoms with Crippen LogP contribution in [0.25, 0.3) is 5.23 Å². The summed E-state index contributed by atoms with van der Waals surface area (Å²) in [6.45, 7) is 2.11. The predicted octanol–water partition coefficient (Wildman–Crippen LogP) is 3.10. The molecule has 2 aliphatic rings. The maximum absolute atomic E-state index is 4.27. The number of allylic oxidation sites excluding steroid dienone is 2. The molecule has 1 aromatic carbocycles. The number of benzene rings is 1. The fraction of sp³-hybridized carbons (Fsp3) is 0.0526. The summed E-state index contributed by atoms with van der Waals surface area (Å²) in [5, 5.41) is 4.27. The van der Waals surface area contributed by atoms with Crippen molar-refractivity contribution < 1.29 is 20.1 Å². The first-order chi connectivity index (χ1) is 11.8. The summed E-state index contributed by atoms with van der Waals surface area (Å²) in [6, 6.07) is 16.9. The molecule has 126 valence electrons. The van der Waals surface area contributed by atoms with E-state index in [1.165, 1.54) is 0 Å². The van der Waals surface area contributed by atoms with E-state index >= 15 is 0 Å². The first-order valence-corrected chi connectivity index (χ1v) is 7.77. The van der Waals surface area contributed by atoms with E-state index in [4.69, 9.17) is 0 Å². The third-order valence-electron chi connectivity index (χ3n) is 3.47. The Morgan fingerprint density at radius 1 is 1.12 bits per heavy atom. The zero-order valence-electron chi connectivity index (χ0n) is 13.9. The van der Waals surface area contributed by atoms with Crippen molar-refractivity contribution in [3.8, 4) is 0 Å². The molecule has 2 aromatic rings. The minimum atomic E-state index is 0. The van der Waals surface area contributed by atoms with E-state index in [-0.39, 0.29) is 27.0 Å². The van der Waals surface area contributed by atoms with Crippen LogP contribution in [0, 0.1) is 12.7 Å². The van der Waals surface area contributed by atoms with Gasteiger partial charge in [-0.05, 0) is 31.1 Å². The van der Waals surface area contributed by atoms with Gasteiger partial charge in [0.2, 0.25) is 0 Å². The third-order valence-corrected chi connectivity index (χ3v) is 3.47. The number of anilines is 1. The monoisotopic (exact) mass is 506 g/mol. The molecule has 6 heteroatoms. The second-order valence-corrected chi connectivity index (χ2v) is 5.31. The molecule has 0 saturated heterocycles. The number of pyridine rings is 1. The van der Waals surface area contributed by atoms with Gasteiger partial charge in [0.1, 0.15) is 6.85 Å². The second-order valence-electron chi connectivity index (χ2n) is 5.31. The van der Waals surface area contributed by atoms with Gasteiger partial charge in [-0.25, -0.2) is 0 Å². The normalized spacial score (nSPS) is 14.5. The number of hydrogen-bond acceptors (Lipinski definition) is 3. The summed E-state index contributed by atoms with van der Waals surface area (Å²) < 4.78 is 0. The fourth-order valence-electron chi connectivity index (χ4n) is 2.27. The van der Waals surface area contributed by atoms with Crippen LogP contribution in [-0.2, 0) is 20.1 Å². The molecule has 0 saturated carbocycles. The zero-order valence-corrected chi connectivity index (χ0v) is 16.3. The van der Waals surface area contributed by atoms with Crippen LogP contribution in [0.15, 0.2) is 85.4 Å². The van der Waals surface area contributed by atoms with Crippen LogP contribution in [0.1, 0.15) is 0 Å². The smallest absolute Gasteiger partial charge is 0.704 e. The van der Waals surface area contributed by atoms with Crippen molar-refractivity contribution in [1.29, 1.82) is 0 Å². The molecule has 4 nitrogen and oxygen atoms in total. The molecule has 0 atom stereocenters. The average Bonchev–Trinajstić information content (AvgIpc) is 3.11. The van der Waals surface area contributed by atoms with Crippen molar-refractivity contribution in [3.05, 3.63) is 103 Å². The largest absolute Gasteiger partial charge is 3.00 e. The van der Waals surface area contributed by atoms with Crippen molar-refractivity contribution in [3.63, 3.8) is 0 Å². The summed E-state index contributed by atoms with van der Waals surface area (Å²) in [5.41, 5.74) is 2.07. The Kier molecular flexibility index (Phi) is 7.51. The molecule has 2 aliphatic heterocycles. The van der Waals surface area contributed by atoms with Gasteiger partial charge >= 0.3 is 20.1 Å². The Morgan fingerprint density at radius 2 is 2.00 bits per heavy atom. The van der Waals surface area contributed by atoms with Crippen LogP contribution < -0.4 is 10.5 Å². The maximum atomic E-state index is 4.27. The van der Waals surface area contributed by atoms with Gasteiger partial charge in [0.05, 0.1) is 0 Å². The molecule has 0 N–H and O–H groups in total. The Morgan fingerprint density at radius 3 is 2.60 bits per heavy atom. The van der Waals surface area contributed by atoms with Gasteiger partial charge in [0, 0.05) is 6.20 Å². The minimum absolute atomic E-state index is 0. The number of rotatable bonds is 2. The molecule has 25 heavy (non-hydrogen) atoms. The van der Waals surface area contributed by atoms with Crippen molar-refractivity contribution >= 4 is 18.1 Å². The molecule has 4 rings (SSSR count). The van der Waals surface area contributed by atoms with Crippen LogP contribution >= 0.6 is 0 Å². The molecule has 1 aromatic heterocycles. The molecule has 0 spiro atoms. The van der Waals surface area contributed by atoms with Crippen LogP contribution in [0.4, 0.5) is 5.69 Å². The molecular weight excluding hydrogens is 487 g/mol. The van der Waals surface area contributed by atoms with E-state index in [1.807, 2.05) is 96.5 Å². The van der Waals surface area contributed by atoms with Crippen molar-refractivity contribution in [2.45, 2.75) is 0 Å². The van der Waals surface area contributed by atoms with Gasteiger partial charge in [-0.2, -0.15) is 43.2 Å². The first-order valence-electron chi connectivity index (χ1n) is 7.77. The molecule has 0 aliphatic carbocycles. The fourth-order valence-corrected chi connectivity index (χ4v) is 2.27. The molecule has 0 bridgehead atoms. The number of aromatic nitrogens is 1. The minimum Gasteiger partial charge on any atom is -0.704 e. The average molecular weight is 505 g/mol. The number of nitrogens with zero attached hydrogens (tertiary/aromatic N) is 4. The van der Waals surface area contributed by atoms with E-state index in [1.54, 1.807) is 12.4 Å². The van der Waals surface area contributed by atoms with E-state index in [2.05, 4.69) is 16.3 Å². The van der Waals surface area contributed by atoms with Gasteiger partial charge in [-0.1, -0.05) is 24.3 Å². The van der Waals surface area contributed by atoms with Gasteiger partial charge in [0.15, 0.2) is 0 Å². The Labute approximate surface area is 163 Å². The molecule has 0 unspecified atom stereocenters. The summed E-state index contributed by atoms with van der Waals surface area (Å²) in [4.78, 5) is 8.25. The standard InChI is InChI=1S/C10H10N2.C9H8BN2.Ir/c1-11-7-8-12(9-11)10-5-3-2-4-6-10;1-3-7-11-9(5-1)10-6-2-4-8-12-10;/h2-5,7-9H,1H3;1-8H;/q-2;-1;+3. The summed E-state index contributed by atoms with van der Waals surface area (Å²) in [5.74, 6) is 2.03. The van der Waals surface area contributed by atoms with Gasteiger partial charge in [-0.3, -0.25) is 4.98 Å². The van der Waals surface area contributed by atoms with E-state index in [9.17, 15) is 0 Å². The van der Waals surface area contributed by atoms with Crippen molar-refractivity contribution in [2.24, 2.45) is 0 Å². The van der Waals surface area contributed by atoms with Crippen LogP contribution in [0.3, 0.4) is 0 Å². The zero-order chi connectivity index (χ0) is 16.6. The predicted molar refractivity (Wildman–Crippen MR) is 100 cm³/mol. The number of hydrogen-bond donors (Lipinski definition) is 0. The molecule has 3 heterocycles. The first kappa shape index (κ1) is 19.0. The SMILES string of the molecule is C1=C[N-]B(c2ccccn2)C=C1.CN1C=CN(c2[c-]cccc2)[CH-]1.[Ir+3]. The molecule has 0 radical (unpaired) electrons. The summed E-state index contributed by atoms with van der Waals surface area (Å²) >= 11 is 0. The van der Waals surface area contributed by atoms with Crippen LogP contribution in [0.5, 0.6) is 0 Å². The van der Waals surface area contributed by atoms with Crippen molar-refractivity contribution in [1.82, 2.24) is 9.88 Å². The summed E-state index contributed by atoms with van der Waals surface area (Å²) in [6.07, 6.45) is 11.5. The van der Waals surface area contributed by atoms with Gasteiger partial charge in [0.25, 0.3) is 0 Å². The third kappa shape index (κ3) is 5.63. The number of para-hydroxylation sites is 1. The van der Waals surface area contributed by atoms with Gasteiger partial charge < -0.3 is 15.0 Å². The van der Waals surface area contributed by atoms with Gasteiger partial charge in [-0.15, -0.1) is 11.7 Å². The Bertz CT molecular complexity index is 719. The van der Waals surface area contributed by atoms with E-state index in [0.29, 0.717) is 0 Å². The Balaban J connectivity index is 0.000000173.